The Balaban J connectivity index is 2.05. The monoisotopic (exact) mass is 188 g/mol. The van der Waals surface area contributed by atoms with Gasteiger partial charge in [-0.05, 0) is 6.42 Å². The van der Waals surface area contributed by atoms with Crippen LogP contribution in [0.1, 0.15) is 39.0 Å². The van der Waals surface area contributed by atoms with Crippen molar-refractivity contribution in [2.24, 2.45) is 0 Å². The molecule has 1 atom stereocenters. The maximum Gasteiger partial charge on any atom is 0.140 e. The SMILES string of the molecule is CCCCCCC1OC1(CO)CO. The van der Waals surface area contributed by atoms with Crippen molar-refractivity contribution in [3.8, 4) is 0 Å². The summed E-state index contributed by atoms with van der Waals surface area (Å²) < 4.78 is 5.28. The average molecular weight is 188 g/mol. The van der Waals surface area contributed by atoms with Crippen molar-refractivity contribution < 1.29 is 14.9 Å². The highest BCUT2D eigenvalue weighted by molar-refractivity contribution is 5.01. The second-order valence-corrected chi connectivity index (χ2v) is 3.84. The predicted octanol–water partition coefficient (Wildman–Crippen LogP) is 1.08. The number of rotatable bonds is 7. The summed E-state index contributed by atoms with van der Waals surface area (Å²) in [6, 6.07) is 0. The molecule has 1 aliphatic rings. The molecule has 0 amide bonds. The van der Waals surface area contributed by atoms with Crippen LogP contribution in [0, 0.1) is 0 Å². The van der Waals surface area contributed by atoms with Gasteiger partial charge < -0.3 is 14.9 Å². The molecule has 1 unspecified atom stereocenters. The lowest BCUT2D eigenvalue weighted by atomic mass is 10.0. The molecule has 0 saturated carbocycles. The third-order valence-electron chi connectivity index (χ3n) is 2.76. The molecule has 0 aromatic carbocycles. The van der Waals surface area contributed by atoms with Gasteiger partial charge >= 0.3 is 0 Å². The first-order valence-electron chi connectivity index (χ1n) is 5.18. The fraction of sp³-hybridized carbons (Fsp3) is 1.00. The first-order chi connectivity index (χ1) is 6.29. The van der Waals surface area contributed by atoms with Crippen molar-refractivity contribution in [1.82, 2.24) is 0 Å². The molecule has 0 aromatic heterocycles. The molecule has 0 bridgehead atoms. The molecule has 1 saturated heterocycles. The minimum atomic E-state index is -0.591. The maximum atomic E-state index is 8.94. The summed E-state index contributed by atoms with van der Waals surface area (Å²) in [6.07, 6.45) is 5.93. The number of aliphatic hydroxyl groups is 2. The first-order valence-corrected chi connectivity index (χ1v) is 5.18. The minimum absolute atomic E-state index is 0.0536. The van der Waals surface area contributed by atoms with Crippen LogP contribution in [0.5, 0.6) is 0 Å². The van der Waals surface area contributed by atoms with Gasteiger partial charge in [0, 0.05) is 0 Å². The molecule has 13 heavy (non-hydrogen) atoms. The zero-order valence-corrected chi connectivity index (χ0v) is 8.33. The summed E-state index contributed by atoms with van der Waals surface area (Å²) in [5, 5.41) is 17.9. The molecule has 3 heteroatoms. The molecular formula is C10H20O3. The molecular weight excluding hydrogens is 168 g/mol. The van der Waals surface area contributed by atoms with Crippen LogP contribution in [0.15, 0.2) is 0 Å². The van der Waals surface area contributed by atoms with Crippen LogP contribution in [0.2, 0.25) is 0 Å². The van der Waals surface area contributed by atoms with Crippen molar-refractivity contribution in [3.05, 3.63) is 0 Å². The highest BCUT2D eigenvalue weighted by atomic mass is 16.6. The van der Waals surface area contributed by atoms with Crippen molar-refractivity contribution in [3.63, 3.8) is 0 Å². The van der Waals surface area contributed by atoms with Gasteiger partial charge in [-0.1, -0.05) is 32.6 Å². The number of unbranched alkanes of at least 4 members (excludes halogenated alkanes) is 3. The van der Waals surface area contributed by atoms with E-state index in [9.17, 15) is 0 Å². The first kappa shape index (κ1) is 11.0. The molecule has 1 aliphatic heterocycles. The van der Waals surface area contributed by atoms with Gasteiger partial charge in [-0.2, -0.15) is 0 Å². The van der Waals surface area contributed by atoms with Crippen LogP contribution < -0.4 is 0 Å². The van der Waals surface area contributed by atoms with Gasteiger partial charge in [0.05, 0.1) is 19.3 Å². The van der Waals surface area contributed by atoms with Crippen LogP contribution in [-0.4, -0.2) is 35.1 Å². The van der Waals surface area contributed by atoms with Gasteiger partial charge in [0.25, 0.3) is 0 Å². The number of hydrogen-bond acceptors (Lipinski definition) is 3. The minimum Gasteiger partial charge on any atom is -0.393 e. The quantitative estimate of drug-likeness (QED) is 0.464. The second kappa shape index (κ2) is 4.94. The Kier molecular flexibility index (Phi) is 4.16. The fourth-order valence-electron chi connectivity index (χ4n) is 1.66. The molecule has 0 aromatic rings. The number of aliphatic hydroxyl groups excluding tert-OH is 2. The zero-order valence-electron chi connectivity index (χ0n) is 8.33. The van der Waals surface area contributed by atoms with E-state index in [0.29, 0.717) is 0 Å². The van der Waals surface area contributed by atoms with Gasteiger partial charge in [-0.25, -0.2) is 0 Å². The van der Waals surface area contributed by atoms with Gasteiger partial charge in [0.15, 0.2) is 0 Å². The second-order valence-electron chi connectivity index (χ2n) is 3.84. The smallest absolute Gasteiger partial charge is 0.140 e. The van der Waals surface area contributed by atoms with E-state index in [1.54, 1.807) is 0 Å². The van der Waals surface area contributed by atoms with Crippen LogP contribution in [0.4, 0.5) is 0 Å². The van der Waals surface area contributed by atoms with Gasteiger partial charge in [0.2, 0.25) is 0 Å². The molecule has 1 heterocycles. The summed E-state index contributed by atoms with van der Waals surface area (Å²) in [7, 11) is 0. The molecule has 1 fully saturated rings. The van der Waals surface area contributed by atoms with Crippen LogP contribution in [0.25, 0.3) is 0 Å². The summed E-state index contributed by atoms with van der Waals surface area (Å²) in [4.78, 5) is 0. The van der Waals surface area contributed by atoms with Crippen molar-refractivity contribution in [2.75, 3.05) is 13.2 Å². The van der Waals surface area contributed by atoms with E-state index in [2.05, 4.69) is 6.92 Å². The van der Waals surface area contributed by atoms with E-state index < -0.39 is 5.60 Å². The van der Waals surface area contributed by atoms with Gasteiger partial charge in [0.1, 0.15) is 5.60 Å². The largest absolute Gasteiger partial charge is 0.393 e. The summed E-state index contributed by atoms with van der Waals surface area (Å²) >= 11 is 0. The zero-order chi connectivity index (χ0) is 9.73. The third kappa shape index (κ3) is 2.66. The molecule has 3 nitrogen and oxygen atoms in total. The molecule has 0 radical (unpaired) electrons. The van der Waals surface area contributed by atoms with Crippen LogP contribution in [0.3, 0.4) is 0 Å². The van der Waals surface area contributed by atoms with Gasteiger partial charge in [-0.15, -0.1) is 0 Å². The number of hydrogen-bond donors (Lipinski definition) is 2. The third-order valence-corrected chi connectivity index (χ3v) is 2.76. The lowest BCUT2D eigenvalue weighted by molar-refractivity contribution is 0.108. The number of epoxide rings is 1. The van der Waals surface area contributed by atoms with Gasteiger partial charge in [-0.3, -0.25) is 0 Å². The molecule has 0 aliphatic carbocycles. The lowest BCUT2D eigenvalue weighted by Gasteiger charge is -2.03. The lowest BCUT2D eigenvalue weighted by Crippen LogP contribution is -2.25. The summed E-state index contributed by atoms with van der Waals surface area (Å²) in [5.74, 6) is 0. The maximum absolute atomic E-state index is 8.94. The summed E-state index contributed by atoms with van der Waals surface area (Å²) in [6.45, 7) is 2.07. The van der Waals surface area contributed by atoms with Crippen LogP contribution in [-0.2, 0) is 4.74 Å². The van der Waals surface area contributed by atoms with E-state index in [0.717, 1.165) is 12.8 Å². The van der Waals surface area contributed by atoms with E-state index >= 15 is 0 Å². The Hall–Kier alpha value is -0.120. The fourth-order valence-corrected chi connectivity index (χ4v) is 1.66. The summed E-state index contributed by atoms with van der Waals surface area (Å²) in [5.41, 5.74) is -0.591. The highest BCUT2D eigenvalue weighted by Crippen LogP contribution is 2.38. The van der Waals surface area contributed by atoms with Crippen molar-refractivity contribution >= 4 is 0 Å². The molecule has 1 rings (SSSR count). The topological polar surface area (TPSA) is 53.0 Å². The van der Waals surface area contributed by atoms with E-state index in [1.165, 1.54) is 19.3 Å². The van der Waals surface area contributed by atoms with E-state index in [4.69, 9.17) is 14.9 Å². The van der Waals surface area contributed by atoms with Crippen LogP contribution >= 0.6 is 0 Å². The molecule has 2 N–H and O–H groups in total. The van der Waals surface area contributed by atoms with Crippen molar-refractivity contribution in [2.45, 2.75) is 50.7 Å². The molecule has 0 spiro atoms. The standard InChI is InChI=1S/C10H20O3/c1-2-3-4-5-6-9-10(7-11,8-12)13-9/h9,11-12H,2-8H2,1H3. The van der Waals surface area contributed by atoms with Crippen molar-refractivity contribution in [1.29, 1.82) is 0 Å². The Labute approximate surface area is 79.7 Å². The van der Waals surface area contributed by atoms with E-state index in [1.807, 2.05) is 0 Å². The predicted molar refractivity (Wildman–Crippen MR) is 50.5 cm³/mol. The Morgan fingerprint density at radius 2 is 1.85 bits per heavy atom. The Morgan fingerprint density at radius 3 is 2.31 bits per heavy atom. The average Bonchev–Trinajstić information content (AvgIpc) is 2.87. The number of ether oxygens (including phenoxy) is 1. The van der Waals surface area contributed by atoms with E-state index in [-0.39, 0.29) is 19.3 Å². The molecule has 78 valence electrons. The Bertz CT molecular complexity index is 143. The normalized spacial score (nSPS) is 24.7. The Morgan fingerprint density at radius 1 is 1.15 bits per heavy atom. The highest BCUT2D eigenvalue weighted by Gasteiger charge is 2.54.